The fourth-order valence-corrected chi connectivity index (χ4v) is 5.04. The standard InChI is InChI=1S/C22H38N4O3S/c1-16(2)13-23-19-10-18(11-20(12-19)30(28,29)25-22(3,4)5)21(27)24-14-17-8-7-9-26(6)15-17/h10-12,16-17,23,25H,7-9,13-15H2,1-6H3,(H,24,27). The number of carbonyl (C=O) groups is 1. The first-order chi connectivity index (χ1) is 13.9. The third-order valence-corrected chi connectivity index (χ3v) is 6.64. The molecule has 2 rings (SSSR count). The number of hydrogen-bond acceptors (Lipinski definition) is 5. The van der Waals surface area contributed by atoms with Crippen molar-refractivity contribution in [3.05, 3.63) is 23.8 Å². The maximum Gasteiger partial charge on any atom is 0.251 e. The lowest BCUT2D eigenvalue weighted by molar-refractivity contribution is 0.0936. The average molecular weight is 439 g/mol. The summed E-state index contributed by atoms with van der Waals surface area (Å²) in [6.07, 6.45) is 2.22. The molecular formula is C22H38N4O3S. The molecule has 0 aromatic heterocycles. The number of nitrogens with zero attached hydrogens (tertiary/aromatic N) is 1. The molecule has 7 nitrogen and oxygen atoms in total. The van der Waals surface area contributed by atoms with Gasteiger partial charge in [-0.3, -0.25) is 4.79 Å². The highest BCUT2D eigenvalue weighted by Gasteiger charge is 2.24. The second kappa shape index (κ2) is 10.1. The number of amides is 1. The topological polar surface area (TPSA) is 90.5 Å². The number of hydrogen-bond donors (Lipinski definition) is 3. The van der Waals surface area contributed by atoms with Gasteiger partial charge in [-0.15, -0.1) is 0 Å². The zero-order valence-corrected chi connectivity index (χ0v) is 20.0. The van der Waals surface area contributed by atoms with Crippen molar-refractivity contribution in [2.24, 2.45) is 11.8 Å². The first-order valence-electron chi connectivity index (χ1n) is 10.8. The van der Waals surface area contributed by atoms with Crippen LogP contribution in [0, 0.1) is 11.8 Å². The van der Waals surface area contributed by atoms with Crippen LogP contribution >= 0.6 is 0 Å². The Labute approximate surface area is 182 Å². The van der Waals surface area contributed by atoms with E-state index >= 15 is 0 Å². The highest BCUT2D eigenvalue weighted by atomic mass is 32.2. The fraction of sp³-hybridized carbons (Fsp3) is 0.682. The maximum atomic E-state index is 12.9. The fourth-order valence-electron chi connectivity index (χ4n) is 3.55. The highest BCUT2D eigenvalue weighted by Crippen LogP contribution is 2.22. The molecule has 8 heteroatoms. The number of piperidine rings is 1. The Hall–Kier alpha value is -1.64. The van der Waals surface area contributed by atoms with Crippen molar-refractivity contribution in [1.82, 2.24) is 14.9 Å². The van der Waals surface area contributed by atoms with Crippen LogP contribution in [0.1, 0.15) is 57.8 Å². The van der Waals surface area contributed by atoms with Crippen LogP contribution in [0.15, 0.2) is 23.1 Å². The van der Waals surface area contributed by atoms with Crippen molar-refractivity contribution in [3.63, 3.8) is 0 Å². The number of anilines is 1. The van der Waals surface area contributed by atoms with Crippen LogP contribution in [0.4, 0.5) is 5.69 Å². The van der Waals surface area contributed by atoms with E-state index in [0.29, 0.717) is 36.2 Å². The molecular weight excluding hydrogens is 400 g/mol. The van der Waals surface area contributed by atoms with Gasteiger partial charge in [0.15, 0.2) is 0 Å². The Morgan fingerprint density at radius 1 is 1.23 bits per heavy atom. The SMILES string of the molecule is CC(C)CNc1cc(C(=O)NCC2CCCN(C)C2)cc(S(=O)(=O)NC(C)(C)C)c1. The predicted molar refractivity (Wildman–Crippen MR) is 122 cm³/mol. The third-order valence-electron chi connectivity index (χ3n) is 4.91. The van der Waals surface area contributed by atoms with Gasteiger partial charge in [-0.1, -0.05) is 13.8 Å². The second-order valence-corrected chi connectivity index (χ2v) is 11.5. The lowest BCUT2D eigenvalue weighted by Gasteiger charge is -2.29. The number of carbonyl (C=O) groups excluding carboxylic acids is 1. The minimum absolute atomic E-state index is 0.0914. The zero-order valence-electron chi connectivity index (χ0n) is 19.2. The average Bonchev–Trinajstić information content (AvgIpc) is 2.62. The summed E-state index contributed by atoms with van der Waals surface area (Å²) in [7, 11) is -1.66. The van der Waals surface area contributed by atoms with Crippen molar-refractivity contribution >= 4 is 21.6 Å². The molecule has 1 aliphatic heterocycles. The molecule has 1 amide bonds. The van der Waals surface area contributed by atoms with Gasteiger partial charge in [-0.05, 0) is 77.2 Å². The van der Waals surface area contributed by atoms with E-state index in [2.05, 4.69) is 41.2 Å². The van der Waals surface area contributed by atoms with E-state index in [1.165, 1.54) is 6.07 Å². The lowest BCUT2D eigenvalue weighted by atomic mass is 9.98. The van der Waals surface area contributed by atoms with Crippen LogP contribution in [0.5, 0.6) is 0 Å². The Morgan fingerprint density at radius 3 is 2.53 bits per heavy atom. The Morgan fingerprint density at radius 2 is 1.93 bits per heavy atom. The van der Waals surface area contributed by atoms with Gasteiger partial charge < -0.3 is 15.5 Å². The van der Waals surface area contributed by atoms with Crippen LogP contribution in [0.3, 0.4) is 0 Å². The molecule has 1 aromatic rings. The number of nitrogens with one attached hydrogen (secondary N) is 3. The summed E-state index contributed by atoms with van der Waals surface area (Å²) in [6.45, 7) is 12.9. The first kappa shape index (κ1) is 24.6. The Kier molecular flexibility index (Phi) is 8.30. The van der Waals surface area contributed by atoms with Crippen LogP contribution < -0.4 is 15.4 Å². The van der Waals surface area contributed by atoms with Crippen molar-refractivity contribution in [1.29, 1.82) is 0 Å². The van der Waals surface area contributed by atoms with Crippen LogP contribution in [0.2, 0.25) is 0 Å². The molecule has 1 unspecified atom stereocenters. The van der Waals surface area contributed by atoms with E-state index in [1.54, 1.807) is 32.9 Å². The van der Waals surface area contributed by atoms with Crippen LogP contribution in [0.25, 0.3) is 0 Å². The molecule has 1 atom stereocenters. The zero-order chi connectivity index (χ0) is 22.5. The molecule has 1 aliphatic rings. The third kappa shape index (κ3) is 7.89. The first-order valence-corrected chi connectivity index (χ1v) is 12.2. The van der Waals surface area contributed by atoms with Crippen molar-refractivity contribution in [3.8, 4) is 0 Å². The molecule has 0 spiro atoms. The smallest absolute Gasteiger partial charge is 0.251 e. The quantitative estimate of drug-likeness (QED) is 0.581. The lowest BCUT2D eigenvalue weighted by Crippen LogP contribution is -2.40. The molecule has 1 saturated heterocycles. The van der Waals surface area contributed by atoms with Gasteiger partial charge >= 0.3 is 0 Å². The molecule has 170 valence electrons. The summed E-state index contributed by atoms with van der Waals surface area (Å²) < 4.78 is 28.4. The summed E-state index contributed by atoms with van der Waals surface area (Å²) >= 11 is 0. The number of likely N-dealkylation sites (tertiary alicyclic amines) is 1. The number of benzene rings is 1. The molecule has 1 aromatic carbocycles. The molecule has 0 bridgehead atoms. The van der Waals surface area contributed by atoms with E-state index < -0.39 is 15.6 Å². The second-order valence-electron chi connectivity index (χ2n) is 9.86. The Bertz CT molecular complexity index is 831. The molecule has 0 saturated carbocycles. The van der Waals surface area contributed by atoms with E-state index in [9.17, 15) is 13.2 Å². The minimum Gasteiger partial charge on any atom is -0.385 e. The summed E-state index contributed by atoms with van der Waals surface area (Å²) in [5, 5.41) is 6.25. The maximum absolute atomic E-state index is 12.9. The number of rotatable bonds is 8. The highest BCUT2D eigenvalue weighted by molar-refractivity contribution is 7.89. The molecule has 1 fully saturated rings. The van der Waals surface area contributed by atoms with Crippen molar-refractivity contribution in [2.75, 3.05) is 38.5 Å². The van der Waals surface area contributed by atoms with Gasteiger partial charge in [-0.25, -0.2) is 13.1 Å². The molecule has 30 heavy (non-hydrogen) atoms. The normalized spacial score (nSPS) is 18.4. The summed E-state index contributed by atoms with van der Waals surface area (Å²) in [5.41, 5.74) is 0.362. The van der Waals surface area contributed by atoms with Gasteiger partial charge in [0, 0.05) is 36.4 Å². The Balaban J connectivity index is 2.23. The monoisotopic (exact) mass is 438 g/mol. The van der Waals surface area contributed by atoms with Crippen LogP contribution in [-0.2, 0) is 10.0 Å². The van der Waals surface area contributed by atoms with Gasteiger partial charge in [0.2, 0.25) is 10.0 Å². The molecule has 0 radical (unpaired) electrons. The molecule has 3 N–H and O–H groups in total. The van der Waals surface area contributed by atoms with E-state index in [4.69, 9.17) is 0 Å². The number of sulfonamides is 1. The molecule has 1 heterocycles. The van der Waals surface area contributed by atoms with E-state index in [1.807, 2.05) is 0 Å². The summed E-state index contributed by atoms with van der Waals surface area (Å²) in [4.78, 5) is 15.2. The minimum atomic E-state index is -3.75. The van der Waals surface area contributed by atoms with Gasteiger partial charge in [-0.2, -0.15) is 0 Å². The van der Waals surface area contributed by atoms with Crippen molar-refractivity contribution < 1.29 is 13.2 Å². The van der Waals surface area contributed by atoms with E-state index in [-0.39, 0.29) is 10.8 Å². The largest absolute Gasteiger partial charge is 0.385 e. The van der Waals surface area contributed by atoms with Crippen molar-refractivity contribution in [2.45, 2.75) is 57.9 Å². The predicted octanol–water partition coefficient (Wildman–Crippen LogP) is 2.90. The summed E-state index contributed by atoms with van der Waals surface area (Å²) in [6, 6.07) is 4.76. The van der Waals surface area contributed by atoms with Gasteiger partial charge in [0.25, 0.3) is 5.91 Å². The molecule has 0 aliphatic carbocycles. The van der Waals surface area contributed by atoms with Crippen LogP contribution in [-0.4, -0.2) is 58.0 Å². The summed E-state index contributed by atoms with van der Waals surface area (Å²) in [5.74, 6) is 0.558. The van der Waals surface area contributed by atoms with Gasteiger partial charge in [0.1, 0.15) is 0 Å². The van der Waals surface area contributed by atoms with E-state index in [0.717, 1.165) is 25.9 Å². The van der Waals surface area contributed by atoms with Gasteiger partial charge in [0.05, 0.1) is 4.90 Å².